The Kier molecular flexibility index (Phi) is 7.14. The summed E-state index contributed by atoms with van der Waals surface area (Å²) in [5.41, 5.74) is -0.0377. The Morgan fingerprint density at radius 1 is 1.08 bits per heavy atom. The summed E-state index contributed by atoms with van der Waals surface area (Å²) >= 11 is 0. The van der Waals surface area contributed by atoms with Crippen LogP contribution in [0.2, 0.25) is 0 Å². The fraction of sp³-hybridized carbons (Fsp3) is 0.526. The van der Waals surface area contributed by atoms with Crippen LogP contribution in [-0.2, 0) is 14.3 Å². The van der Waals surface area contributed by atoms with E-state index in [4.69, 9.17) is 4.74 Å². The number of nitrogens with one attached hydrogen (secondary N) is 1. The van der Waals surface area contributed by atoms with Crippen molar-refractivity contribution in [2.24, 2.45) is 11.8 Å². The van der Waals surface area contributed by atoms with Gasteiger partial charge in [0.05, 0.1) is 18.9 Å². The van der Waals surface area contributed by atoms with E-state index in [9.17, 15) is 14.4 Å². The molecule has 1 aromatic rings. The van der Waals surface area contributed by atoms with E-state index in [1.807, 2.05) is 19.9 Å². The lowest BCUT2D eigenvalue weighted by Crippen LogP contribution is -2.38. The zero-order chi connectivity index (χ0) is 18.3. The van der Waals surface area contributed by atoms with Crippen LogP contribution in [0.4, 0.5) is 0 Å². The molecule has 0 saturated carbocycles. The van der Waals surface area contributed by atoms with E-state index in [2.05, 4.69) is 5.32 Å². The van der Waals surface area contributed by atoms with E-state index in [0.717, 1.165) is 0 Å². The minimum atomic E-state index is -0.585. The first-order valence-electron chi connectivity index (χ1n) is 8.18. The molecule has 0 bridgehead atoms. The Hall–Kier alpha value is -2.17. The van der Waals surface area contributed by atoms with Gasteiger partial charge in [0.15, 0.2) is 5.78 Å². The molecule has 5 heteroatoms. The van der Waals surface area contributed by atoms with E-state index in [1.54, 1.807) is 45.0 Å². The molecular weight excluding hydrogens is 306 g/mol. The second-order valence-corrected chi connectivity index (χ2v) is 7.15. The molecule has 0 aliphatic carbocycles. The molecule has 0 aromatic heterocycles. The summed E-state index contributed by atoms with van der Waals surface area (Å²) < 4.78 is 5.28. The van der Waals surface area contributed by atoms with Gasteiger partial charge >= 0.3 is 5.97 Å². The first-order valence-corrected chi connectivity index (χ1v) is 8.18. The van der Waals surface area contributed by atoms with Crippen molar-refractivity contribution >= 4 is 17.7 Å². The van der Waals surface area contributed by atoms with Crippen LogP contribution in [0.15, 0.2) is 30.3 Å². The van der Waals surface area contributed by atoms with Gasteiger partial charge in [-0.1, -0.05) is 44.2 Å². The second kappa shape index (κ2) is 8.62. The zero-order valence-electron chi connectivity index (χ0n) is 15.1. The number of benzene rings is 1. The average Bonchev–Trinajstić information content (AvgIpc) is 2.48. The zero-order valence-corrected chi connectivity index (χ0v) is 15.1. The summed E-state index contributed by atoms with van der Waals surface area (Å²) in [5, 5.41) is 2.63. The number of Topliss-reactive ketones (excluding diaryl/α,β-unsaturated/α-hetero) is 1. The quantitative estimate of drug-likeness (QED) is 0.615. The SMILES string of the molecule is CC(C)C(CC(=O)OC(C)(C)C)C(=O)NCC(=O)c1ccccc1. The molecule has 0 saturated heterocycles. The van der Waals surface area contributed by atoms with E-state index in [1.165, 1.54) is 0 Å². The maximum absolute atomic E-state index is 12.4. The molecule has 0 spiro atoms. The number of carbonyl (C=O) groups is 3. The third-order valence-corrected chi connectivity index (χ3v) is 3.47. The fourth-order valence-electron chi connectivity index (χ4n) is 2.22. The van der Waals surface area contributed by atoms with Crippen LogP contribution in [0, 0.1) is 11.8 Å². The fourth-order valence-corrected chi connectivity index (χ4v) is 2.22. The largest absolute Gasteiger partial charge is 0.460 e. The third kappa shape index (κ3) is 6.94. The number of ketones is 1. The van der Waals surface area contributed by atoms with Crippen molar-refractivity contribution in [1.29, 1.82) is 0 Å². The predicted octanol–water partition coefficient (Wildman–Crippen LogP) is 2.99. The number of amides is 1. The number of ether oxygens (including phenoxy) is 1. The summed E-state index contributed by atoms with van der Waals surface area (Å²) in [6, 6.07) is 8.78. The highest BCUT2D eigenvalue weighted by Crippen LogP contribution is 2.18. The molecule has 1 atom stereocenters. The van der Waals surface area contributed by atoms with E-state index in [0.29, 0.717) is 5.56 Å². The standard InChI is InChI=1S/C19H27NO4/c1-13(2)15(11-17(22)24-19(3,4)5)18(23)20-12-16(21)14-9-7-6-8-10-14/h6-10,13,15H,11-12H2,1-5H3,(H,20,23). The first kappa shape index (κ1) is 19.9. The molecule has 1 unspecified atom stereocenters. The third-order valence-electron chi connectivity index (χ3n) is 3.47. The van der Waals surface area contributed by atoms with E-state index < -0.39 is 17.5 Å². The smallest absolute Gasteiger partial charge is 0.307 e. The molecule has 0 aliphatic rings. The van der Waals surface area contributed by atoms with Crippen molar-refractivity contribution in [2.75, 3.05) is 6.54 Å². The van der Waals surface area contributed by atoms with Crippen molar-refractivity contribution in [2.45, 2.75) is 46.6 Å². The van der Waals surface area contributed by atoms with Gasteiger partial charge in [0.25, 0.3) is 0 Å². The molecule has 1 N–H and O–H groups in total. The lowest BCUT2D eigenvalue weighted by molar-refractivity contribution is -0.158. The van der Waals surface area contributed by atoms with Crippen LogP contribution in [0.3, 0.4) is 0 Å². The summed E-state index contributed by atoms with van der Waals surface area (Å²) in [6.45, 7) is 9.01. The first-order chi connectivity index (χ1) is 11.1. The van der Waals surface area contributed by atoms with Gasteiger partial charge in [0.2, 0.25) is 5.91 Å². The van der Waals surface area contributed by atoms with Gasteiger partial charge in [-0.3, -0.25) is 14.4 Å². The molecule has 0 aliphatic heterocycles. The van der Waals surface area contributed by atoms with Crippen molar-refractivity contribution in [3.63, 3.8) is 0 Å². The average molecular weight is 333 g/mol. The number of hydrogen-bond donors (Lipinski definition) is 1. The van der Waals surface area contributed by atoms with Crippen molar-refractivity contribution in [3.8, 4) is 0 Å². The van der Waals surface area contributed by atoms with Crippen molar-refractivity contribution < 1.29 is 19.1 Å². The number of carbonyl (C=O) groups excluding carboxylic acids is 3. The summed E-state index contributed by atoms with van der Waals surface area (Å²) in [6.07, 6.45) is 0.000295. The monoisotopic (exact) mass is 333 g/mol. The highest BCUT2D eigenvalue weighted by molar-refractivity contribution is 5.99. The molecule has 5 nitrogen and oxygen atoms in total. The maximum Gasteiger partial charge on any atom is 0.307 e. The van der Waals surface area contributed by atoms with Crippen LogP contribution < -0.4 is 5.32 Å². The van der Waals surface area contributed by atoms with Gasteiger partial charge in [0, 0.05) is 5.56 Å². The van der Waals surface area contributed by atoms with Gasteiger partial charge in [-0.2, -0.15) is 0 Å². The van der Waals surface area contributed by atoms with E-state index >= 15 is 0 Å². The van der Waals surface area contributed by atoms with Crippen molar-refractivity contribution in [3.05, 3.63) is 35.9 Å². The second-order valence-electron chi connectivity index (χ2n) is 7.15. The molecule has 0 radical (unpaired) electrons. The molecule has 1 amide bonds. The normalized spacial score (nSPS) is 12.6. The highest BCUT2D eigenvalue weighted by Gasteiger charge is 2.28. The molecule has 1 rings (SSSR count). The predicted molar refractivity (Wildman–Crippen MR) is 92.6 cm³/mol. The minimum Gasteiger partial charge on any atom is -0.460 e. The van der Waals surface area contributed by atoms with Crippen molar-refractivity contribution in [1.82, 2.24) is 5.32 Å². The Balaban J connectivity index is 2.61. The highest BCUT2D eigenvalue weighted by atomic mass is 16.6. The maximum atomic E-state index is 12.4. The Morgan fingerprint density at radius 3 is 2.17 bits per heavy atom. The number of esters is 1. The summed E-state index contributed by atoms with van der Waals surface area (Å²) in [5.74, 6) is -1.44. The molecule has 0 fully saturated rings. The molecule has 1 aromatic carbocycles. The molecule has 0 heterocycles. The number of rotatable bonds is 7. The lowest BCUT2D eigenvalue weighted by atomic mass is 9.91. The van der Waals surface area contributed by atoms with Crippen LogP contribution in [0.25, 0.3) is 0 Å². The number of hydrogen-bond acceptors (Lipinski definition) is 4. The van der Waals surface area contributed by atoms with Gasteiger partial charge in [-0.05, 0) is 26.7 Å². The van der Waals surface area contributed by atoms with Gasteiger partial charge in [-0.25, -0.2) is 0 Å². The Labute approximate surface area is 143 Å². The van der Waals surface area contributed by atoms with Gasteiger partial charge < -0.3 is 10.1 Å². The van der Waals surface area contributed by atoms with Crippen LogP contribution in [0.5, 0.6) is 0 Å². The molecular formula is C19H27NO4. The van der Waals surface area contributed by atoms with Gasteiger partial charge in [-0.15, -0.1) is 0 Å². The summed E-state index contributed by atoms with van der Waals surface area (Å²) in [7, 11) is 0. The van der Waals surface area contributed by atoms with Gasteiger partial charge in [0.1, 0.15) is 5.60 Å². The van der Waals surface area contributed by atoms with Crippen LogP contribution in [-0.4, -0.2) is 29.8 Å². The molecule has 132 valence electrons. The van der Waals surface area contributed by atoms with Crippen LogP contribution in [0.1, 0.15) is 51.4 Å². The lowest BCUT2D eigenvalue weighted by Gasteiger charge is -2.23. The minimum absolute atomic E-state index is 0.000295. The summed E-state index contributed by atoms with van der Waals surface area (Å²) in [4.78, 5) is 36.4. The Morgan fingerprint density at radius 2 is 1.67 bits per heavy atom. The molecule has 24 heavy (non-hydrogen) atoms. The van der Waals surface area contributed by atoms with E-state index in [-0.39, 0.29) is 30.6 Å². The van der Waals surface area contributed by atoms with Crippen LogP contribution >= 0.6 is 0 Å². The topological polar surface area (TPSA) is 72.5 Å². The Bertz CT molecular complexity index is 573.